The van der Waals surface area contributed by atoms with Crippen LogP contribution in [0, 0.1) is 0 Å². The molecular weight excluding hydrogens is 323 g/mol. The van der Waals surface area contributed by atoms with Crippen molar-refractivity contribution in [2.75, 3.05) is 0 Å². The topological polar surface area (TPSA) is 43.4 Å². The maximum absolute atomic E-state index is 11.1. The van der Waals surface area contributed by atoms with Crippen LogP contribution < -0.4 is 4.43 Å². The quantitative estimate of drug-likeness (QED) is 0.617. The molecule has 0 saturated heterocycles. The summed E-state index contributed by atoms with van der Waals surface area (Å²) in [6.07, 6.45) is 0. The van der Waals surface area contributed by atoms with Crippen LogP contribution in [-0.4, -0.2) is 16.7 Å². The first-order valence-corrected chi connectivity index (χ1v) is 11.1. The van der Waals surface area contributed by atoms with E-state index in [1.165, 1.54) is 12.1 Å². The van der Waals surface area contributed by atoms with Gasteiger partial charge in [-0.2, -0.15) is 0 Å². The number of halogens is 3. The molecule has 0 aromatic heterocycles. The molecule has 0 atom stereocenters. The van der Waals surface area contributed by atoms with Crippen LogP contribution in [0.2, 0.25) is 29.7 Å². The lowest BCUT2D eigenvalue weighted by Crippen LogP contribution is -2.29. The molecule has 0 spiro atoms. The van der Waals surface area contributed by atoms with Gasteiger partial charge in [-0.3, -0.25) is 0 Å². The highest BCUT2D eigenvalue weighted by Gasteiger charge is 2.22. The van der Waals surface area contributed by atoms with Crippen molar-refractivity contribution in [1.82, 2.24) is 0 Å². The lowest BCUT2D eigenvalue weighted by atomic mass is 10.3. The summed E-state index contributed by atoms with van der Waals surface area (Å²) in [5, 5.41) is 0.276. The van der Waals surface area contributed by atoms with E-state index in [4.69, 9.17) is 38.3 Å². The van der Waals surface area contributed by atoms with Gasteiger partial charge in [-0.05, 0) is 31.8 Å². The molecule has 0 unspecified atom stereocenters. The van der Waals surface area contributed by atoms with Crippen molar-refractivity contribution in [2.45, 2.75) is 24.5 Å². The first-order valence-electron chi connectivity index (χ1n) is 4.63. The lowest BCUT2D eigenvalue weighted by Gasteiger charge is -2.21. The highest BCUT2D eigenvalue weighted by molar-refractivity contribution is 8.13. The fraction of sp³-hybridized carbons (Fsp3) is 0.333. The van der Waals surface area contributed by atoms with E-state index in [2.05, 4.69) is 0 Å². The van der Waals surface area contributed by atoms with Crippen LogP contribution in [0.5, 0.6) is 5.75 Å². The number of hydrogen-bond acceptors (Lipinski definition) is 3. The normalized spacial score (nSPS) is 12.6. The summed E-state index contributed by atoms with van der Waals surface area (Å²) in [7, 11) is -0.514. The molecule has 0 aliphatic rings. The summed E-state index contributed by atoms with van der Waals surface area (Å²) < 4.78 is 28.0. The molecule has 1 rings (SSSR count). The molecule has 0 bridgehead atoms. The lowest BCUT2D eigenvalue weighted by molar-refractivity contribution is 0.557. The molecule has 1 aromatic carbocycles. The van der Waals surface area contributed by atoms with Gasteiger partial charge < -0.3 is 4.43 Å². The van der Waals surface area contributed by atoms with Crippen molar-refractivity contribution in [3.8, 4) is 5.75 Å². The van der Waals surface area contributed by atoms with Gasteiger partial charge in [0.2, 0.25) is 8.32 Å². The van der Waals surface area contributed by atoms with E-state index < -0.39 is 17.4 Å². The van der Waals surface area contributed by atoms with Crippen molar-refractivity contribution in [3.05, 3.63) is 22.2 Å². The van der Waals surface area contributed by atoms with Crippen molar-refractivity contribution in [3.63, 3.8) is 0 Å². The average Bonchev–Trinajstić information content (AvgIpc) is 2.07. The van der Waals surface area contributed by atoms with Crippen LogP contribution in [-0.2, 0) is 9.05 Å². The molecule has 0 amide bonds. The summed E-state index contributed by atoms with van der Waals surface area (Å²) in [5.41, 5.74) is 0. The smallest absolute Gasteiger partial charge is 0.261 e. The van der Waals surface area contributed by atoms with E-state index in [0.29, 0.717) is 5.75 Å². The molecule has 0 fully saturated rings. The monoisotopic (exact) mass is 332 g/mol. The second-order valence-electron chi connectivity index (χ2n) is 4.37. The molecule has 1 aromatic rings. The van der Waals surface area contributed by atoms with Crippen LogP contribution in [0.15, 0.2) is 17.0 Å². The first kappa shape index (κ1) is 15.1. The Morgan fingerprint density at radius 2 is 1.53 bits per heavy atom. The molecule has 0 radical (unpaired) electrons. The minimum absolute atomic E-state index is 0.138. The highest BCUT2D eigenvalue weighted by atomic mass is 35.7. The Bertz CT molecular complexity index is 514. The van der Waals surface area contributed by atoms with Crippen LogP contribution in [0.25, 0.3) is 0 Å². The number of hydrogen-bond donors (Lipinski definition) is 0. The second kappa shape index (κ2) is 4.97. The van der Waals surface area contributed by atoms with Crippen LogP contribution in [0.3, 0.4) is 0 Å². The van der Waals surface area contributed by atoms with Gasteiger partial charge in [0.1, 0.15) is 5.75 Å². The van der Waals surface area contributed by atoms with Gasteiger partial charge in [-0.15, -0.1) is 0 Å². The van der Waals surface area contributed by atoms with Gasteiger partial charge in [0.25, 0.3) is 9.05 Å². The maximum atomic E-state index is 11.1. The van der Waals surface area contributed by atoms with E-state index in [1.807, 2.05) is 19.6 Å². The summed E-state index contributed by atoms with van der Waals surface area (Å²) in [6.45, 7) is 5.89. The predicted molar refractivity (Wildman–Crippen MR) is 73.5 cm³/mol. The van der Waals surface area contributed by atoms with Gasteiger partial charge in [-0.1, -0.05) is 23.2 Å². The zero-order chi connectivity index (χ0) is 13.4. The molecule has 0 aliphatic carbocycles. The summed E-state index contributed by atoms with van der Waals surface area (Å²) >= 11 is 11.9. The van der Waals surface area contributed by atoms with E-state index >= 15 is 0 Å². The molecule has 0 N–H and O–H groups in total. The third-order valence-corrected chi connectivity index (χ3v) is 4.37. The fourth-order valence-corrected chi connectivity index (χ4v) is 3.52. The van der Waals surface area contributed by atoms with Crippen molar-refractivity contribution >= 4 is 51.3 Å². The summed E-state index contributed by atoms with van der Waals surface area (Å²) in [5.74, 6) is 0.302. The standard InChI is InChI=1S/C9H11Cl3O3SSi/c1-17(2,3)15-9-7(10)4-6(5-8(9)11)16(12,13)14/h4-5H,1-3H3. The Morgan fingerprint density at radius 1 is 1.12 bits per heavy atom. The van der Waals surface area contributed by atoms with Gasteiger partial charge in [-0.25, -0.2) is 8.42 Å². The third kappa shape index (κ3) is 4.33. The van der Waals surface area contributed by atoms with E-state index in [1.54, 1.807) is 0 Å². The molecule has 3 nitrogen and oxygen atoms in total. The van der Waals surface area contributed by atoms with Gasteiger partial charge in [0, 0.05) is 10.7 Å². The Kier molecular flexibility index (Phi) is 4.42. The average molecular weight is 334 g/mol. The second-order valence-corrected chi connectivity index (χ2v) is 12.2. The first-order chi connectivity index (χ1) is 7.50. The molecule has 8 heteroatoms. The van der Waals surface area contributed by atoms with Crippen LogP contribution in [0.4, 0.5) is 0 Å². The summed E-state index contributed by atoms with van der Waals surface area (Å²) in [4.78, 5) is -0.142. The summed E-state index contributed by atoms with van der Waals surface area (Å²) in [6, 6.07) is 2.45. The minimum atomic E-state index is -3.85. The molecular formula is C9H11Cl3O3SSi. The van der Waals surface area contributed by atoms with Crippen molar-refractivity contribution in [2.24, 2.45) is 0 Å². The molecule has 0 saturated carbocycles. The molecule has 0 aliphatic heterocycles. The molecule has 96 valence electrons. The molecule has 0 heterocycles. The van der Waals surface area contributed by atoms with E-state index in [-0.39, 0.29) is 14.9 Å². The van der Waals surface area contributed by atoms with Gasteiger partial charge in [0.15, 0.2) is 0 Å². The van der Waals surface area contributed by atoms with Crippen molar-refractivity contribution < 1.29 is 12.8 Å². The third-order valence-electron chi connectivity index (χ3n) is 1.66. The Labute approximate surface area is 116 Å². The van der Waals surface area contributed by atoms with E-state index in [0.717, 1.165) is 0 Å². The zero-order valence-corrected chi connectivity index (χ0v) is 13.5. The molecule has 17 heavy (non-hydrogen) atoms. The zero-order valence-electron chi connectivity index (χ0n) is 9.42. The largest absolute Gasteiger partial charge is 0.542 e. The predicted octanol–water partition coefficient (Wildman–Crippen LogP) is 4.13. The Morgan fingerprint density at radius 3 is 1.82 bits per heavy atom. The SMILES string of the molecule is C[Si](C)(C)Oc1c(Cl)cc(S(=O)(=O)Cl)cc1Cl. The Balaban J connectivity index is 3.30. The van der Waals surface area contributed by atoms with E-state index in [9.17, 15) is 8.42 Å². The van der Waals surface area contributed by atoms with Crippen LogP contribution >= 0.6 is 33.9 Å². The maximum Gasteiger partial charge on any atom is 0.261 e. The highest BCUT2D eigenvalue weighted by Crippen LogP contribution is 2.37. The van der Waals surface area contributed by atoms with Gasteiger partial charge >= 0.3 is 0 Å². The number of rotatable bonds is 3. The van der Waals surface area contributed by atoms with Gasteiger partial charge in [0.05, 0.1) is 14.9 Å². The fourth-order valence-electron chi connectivity index (χ4n) is 1.08. The minimum Gasteiger partial charge on any atom is -0.542 e. The Hall–Kier alpha value is 0.0569. The van der Waals surface area contributed by atoms with Crippen molar-refractivity contribution in [1.29, 1.82) is 0 Å². The number of benzene rings is 1. The van der Waals surface area contributed by atoms with Crippen LogP contribution in [0.1, 0.15) is 0 Å².